The molecule has 0 unspecified atom stereocenters. The van der Waals surface area contributed by atoms with Crippen LogP contribution in [-0.4, -0.2) is 27.1 Å². The fourth-order valence-corrected chi connectivity index (χ4v) is 2.80. The summed E-state index contributed by atoms with van der Waals surface area (Å²) >= 11 is 6.28. The van der Waals surface area contributed by atoms with Crippen LogP contribution in [0.4, 0.5) is 0 Å². The SMILES string of the molecule is O=C(O)c1cc(-c2ccc(OC3CCCC3)c(Cl)c2)ncn1. The molecule has 1 aliphatic rings. The Morgan fingerprint density at radius 2 is 2.00 bits per heavy atom. The van der Waals surface area contributed by atoms with Gasteiger partial charge in [0.05, 0.1) is 16.8 Å². The Morgan fingerprint density at radius 3 is 2.68 bits per heavy atom. The van der Waals surface area contributed by atoms with Gasteiger partial charge in [-0.15, -0.1) is 0 Å². The molecule has 1 N–H and O–H groups in total. The van der Waals surface area contributed by atoms with Crippen molar-refractivity contribution in [3.8, 4) is 17.0 Å². The van der Waals surface area contributed by atoms with E-state index in [2.05, 4.69) is 9.97 Å². The average molecular weight is 319 g/mol. The van der Waals surface area contributed by atoms with Crippen LogP contribution in [-0.2, 0) is 0 Å². The molecule has 0 saturated heterocycles. The van der Waals surface area contributed by atoms with Crippen molar-refractivity contribution in [1.29, 1.82) is 0 Å². The van der Waals surface area contributed by atoms with Crippen molar-refractivity contribution in [3.05, 3.63) is 41.3 Å². The third-order valence-electron chi connectivity index (χ3n) is 3.71. The van der Waals surface area contributed by atoms with Crippen molar-refractivity contribution in [1.82, 2.24) is 9.97 Å². The first-order valence-electron chi connectivity index (χ1n) is 7.15. The highest BCUT2D eigenvalue weighted by atomic mass is 35.5. The minimum atomic E-state index is -1.09. The smallest absolute Gasteiger partial charge is 0.354 e. The van der Waals surface area contributed by atoms with Crippen LogP contribution in [0.1, 0.15) is 36.2 Å². The molecule has 0 spiro atoms. The Hall–Kier alpha value is -2.14. The Balaban J connectivity index is 1.84. The van der Waals surface area contributed by atoms with Crippen LogP contribution in [0.3, 0.4) is 0 Å². The topological polar surface area (TPSA) is 72.3 Å². The number of aromatic carboxylic acids is 1. The van der Waals surface area contributed by atoms with E-state index in [1.807, 2.05) is 6.07 Å². The van der Waals surface area contributed by atoms with E-state index < -0.39 is 5.97 Å². The Bertz CT molecular complexity index is 700. The van der Waals surface area contributed by atoms with Crippen LogP contribution < -0.4 is 4.74 Å². The van der Waals surface area contributed by atoms with Crippen molar-refractivity contribution < 1.29 is 14.6 Å². The molecule has 2 aromatic rings. The number of ether oxygens (including phenoxy) is 1. The highest BCUT2D eigenvalue weighted by Crippen LogP contribution is 2.32. The molecule has 1 aromatic carbocycles. The lowest BCUT2D eigenvalue weighted by Gasteiger charge is -2.14. The summed E-state index contributed by atoms with van der Waals surface area (Å²) in [6, 6.07) is 6.79. The molecule has 5 nitrogen and oxygen atoms in total. The van der Waals surface area contributed by atoms with Gasteiger partial charge in [-0.05, 0) is 49.9 Å². The second-order valence-corrected chi connectivity index (χ2v) is 5.67. The number of carbonyl (C=O) groups is 1. The molecule has 1 saturated carbocycles. The van der Waals surface area contributed by atoms with Crippen LogP contribution in [0.5, 0.6) is 5.75 Å². The van der Waals surface area contributed by atoms with E-state index >= 15 is 0 Å². The summed E-state index contributed by atoms with van der Waals surface area (Å²) in [6.45, 7) is 0. The van der Waals surface area contributed by atoms with Crippen LogP contribution in [0.2, 0.25) is 5.02 Å². The second kappa shape index (κ2) is 6.32. The first kappa shape index (κ1) is 14.8. The normalized spacial score (nSPS) is 15.0. The lowest BCUT2D eigenvalue weighted by Crippen LogP contribution is -2.11. The first-order chi connectivity index (χ1) is 10.6. The minimum absolute atomic E-state index is 0.0487. The van der Waals surface area contributed by atoms with Crippen LogP contribution in [0, 0.1) is 0 Å². The number of hydrogen-bond donors (Lipinski definition) is 1. The van der Waals surface area contributed by atoms with Gasteiger partial charge < -0.3 is 9.84 Å². The van der Waals surface area contributed by atoms with Gasteiger partial charge in [-0.3, -0.25) is 0 Å². The lowest BCUT2D eigenvalue weighted by atomic mass is 10.1. The van der Waals surface area contributed by atoms with Gasteiger partial charge in [0.25, 0.3) is 0 Å². The molecule has 1 aromatic heterocycles. The van der Waals surface area contributed by atoms with Gasteiger partial charge >= 0.3 is 5.97 Å². The predicted octanol–water partition coefficient (Wildman–Crippen LogP) is 3.82. The molecule has 0 radical (unpaired) electrons. The molecule has 1 fully saturated rings. The number of nitrogens with zero attached hydrogens (tertiary/aromatic N) is 2. The molecular weight excluding hydrogens is 304 g/mol. The number of aromatic nitrogens is 2. The van der Waals surface area contributed by atoms with Crippen LogP contribution in [0.15, 0.2) is 30.6 Å². The van der Waals surface area contributed by atoms with E-state index in [1.54, 1.807) is 12.1 Å². The van der Waals surface area contributed by atoms with Crippen LogP contribution >= 0.6 is 11.6 Å². The standard InChI is InChI=1S/C16H15ClN2O3/c17-12-7-10(13-8-14(16(20)21)19-9-18-13)5-6-15(12)22-11-3-1-2-4-11/h5-9,11H,1-4H2,(H,20,21). The third-order valence-corrected chi connectivity index (χ3v) is 4.01. The average Bonchev–Trinajstić information content (AvgIpc) is 3.02. The van der Waals surface area contributed by atoms with Crippen molar-refractivity contribution in [2.45, 2.75) is 31.8 Å². The maximum atomic E-state index is 11.0. The minimum Gasteiger partial charge on any atom is -0.489 e. The second-order valence-electron chi connectivity index (χ2n) is 5.26. The van der Waals surface area contributed by atoms with E-state index in [9.17, 15) is 4.79 Å². The Labute approximate surface area is 132 Å². The maximum absolute atomic E-state index is 11.0. The molecule has 1 aliphatic carbocycles. The molecule has 1 heterocycles. The van der Waals surface area contributed by atoms with Gasteiger partial charge in [-0.2, -0.15) is 0 Å². The summed E-state index contributed by atoms with van der Waals surface area (Å²) in [4.78, 5) is 18.8. The molecular formula is C16H15ClN2O3. The molecule has 22 heavy (non-hydrogen) atoms. The van der Waals surface area contributed by atoms with E-state index in [0.29, 0.717) is 16.5 Å². The van der Waals surface area contributed by atoms with Crippen molar-refractivity contribution in [2.75, 3.05) is 0 Å². The van der Waals surface area contributed by atoms with Gasteiger partial charge in [0.15, 0.2) is 5.69 Å². The number of carboxylic acids is 1. The van der Waals surface area contributed by atoms with E-state index in [-0.39, 0.29) is 11.8 Å². The van der Waals surface area contributed by atoms with Gasteiger partial charge in [0.1, 0.15) is 12.1 Å². The van der Waals surface area contributed by atoms with Gasteiger partial charge in [-0.1, -0.05) is 11.6 Å². The lowest BCUT2D eigenvalue weighted by molar-refractivity contribution is 0.0690. The predicted molar refractivity (Wildman–Crippen MR) is 82.3 cm³/mol. The molecule has 0 aliphatic heterocycles. The highest BCUT2D eigenvalue weighted by Gasteiger charge is 2.18. The number of carboxylic acid groups (broad SMARTS) is 1. The van der Waals surface area contributed by atoms with Gasteiger partial charge in [0.2, 0.25) is 0 Å². The van der Waals surface area contributed by atoms with Crippen molar-refractivity contribution >= 4 is 17.6 Å². The van der Waals surface area contributed by atoms with E-state index in [0.717, 1.165) is 18.4 Å². The first-order valence-corrected chi connectivity index (χ1v) is 7.53. The maximum Gasteiger partial charge on any atom is 0.354 e. The summed E-state index contributed by atoms with van der Waals surface area (Å²) in [7, 11) is 0. The number of halogens is 1. The third kappa shape index (κ3) is 3.20. The zero-order chi connectivity index (χ0) is 15.5. The summed E-state index contributed by atoms with van der Waals surface area (Å²) in [5.41, 5.74) is 1.20. The highest BCUT2D eigenvalue weighted by molar-refractivity contribution is 6.32. The zero-order valence-corrected chi connectivity index (χ0v) is 12.6. The summed E-state index contributed by atoms with van der Waals surface area (Å²) in [5, 5.41) is 9.48. The number of rotatable bonds is 4. The summed E-state index contributed by atoms with van der Waals surface area (Å²) in [5.74, 6) is -0.430. The van der Waals surface area contributed by atoms with Gasteiger partial charge in [0, 0.05) is 5.56 Å². The molecule has 0 bridgehead atoms. The number of benzene rings is 1. The molecule has 0 atom stereocenters. The molecule has 114 valence electrons. The zero-order valence-electron chi connectivity index (χ0n) is 11.8. The summed E-state index contributed by atoms with van der Waals surface area (Å²) < 4.78 is 5.90. The largest absolute Gasteiger partial charge is 0.489 e. The molecule has 0 amide bonds. The Kier molecular flexibility index (Phi) is 4.24. The fourth-order valence-electron chi connectivity index (χ4n) is 2.57. The van der Waals surface area contributed by atoms with E-state index in [4.69, 9.17) is 21.4 Å². The monoisotopic (exact) mass is 318 g/mol. The molecule has 6 heteroatoms. The number of hydrogen-bond acceptors (Lipinski definition) is 4. The van der Waals surface area contributed by atoms with E-state index in [1.165, 1.54) is 25.2 Å². The van der Waals surface area contributed by atoms with Crippen LogP contribution in [0.25, 0.3) is 11.3 Å². The quantitative estimate of drug-likeness (QED) is 0.927. The Morgan fingerprint density at radius 1 is 1.23 bits per heavy atom. The van der Waals surface area contributed by atoms with Crippen molar-refractivity contribution in [3.63, 3.8) is 0 Å². The fraction of sp³-hybridized carbons (Fsp3) is 0.312. The molecule has 3 rings (SSSR count). The van der Waals surface area contributed by atoms with Gasteiger partial charge in [-0.25, -0.2) is 14.8 Å². The van der Waals surface area contributed by atoms with Crippen molar-refractivity contribution in [2.24, 2.45) is 0 Å². The summed E-state index contributed by atoms with van der Waals surface area (Å²) in [6.07, 6.45) is 5.98.